The van der Waals surface area contributed by atoms with E-state index >= 15 is 0 Å². The van der Waals surface area contributed by atoms with Crippen LogP contribution in [0.25, 0.3) is 11.0 Å². The lowest BCUT2D eigenvalue weighted by Crippen LogP contribution is -2.28. The van der Waals surface area contributed by atoms with Crippen molar-refractivity contribution in [2.75, 3.05) is 5.32 Å². The standard InChI is InChI=1S/C17H11ClFN5/c18-10-4-3-5-11(19)14(10)15-9(8-20)16(21)23-17-22-12-6-1-2-7-13(12)24(15)17/h1-7,15H,21H2,(H,22,23). The second kappa shape index (κ2) is 5.25. The first-order valence-corrected chi connectivity index (χ1v) is 7.57. The number of allylic oxidation sites excluding steroid dienone is 1. The molecule has 0 aliphatic carbocycles. The number of hydrogen-bond donors (Lipinski definition) is 2. The van der Waals surface area contributed by atoms with E-state index in [-0.39, 0.29) is 22.0 Å². The number of imidazole rings is 1. The third-order valence-electron chi connectivity index (χ3n) is 4.06. The summed E-state index contributed by atoms with van der Waals surface area (Å²) in [5, 5.41) is 12.7. The lowest BCUT2D eigenvalue weighted by molar-refractivity contribution is 0.574. The largest absolute Gasteiger partial charge is 0.384 e. The van der Waals surface area contributed by atoms with Crippen LogP contribution in [0.4, 0.5) is 10.3 Å². The average molecular weight is 340 g/mol. The third kappa shape index (κ3) is 1.95. The van der Waals surface area contributed by atoms with E-state index in [0.29, 0.717) is 11.5 Å². The molecule has 4 rings (SSSR count). The molecule has 1 atom stereocenters. The third-order valence-corrected chi connectivity index (χ3v) is 4.39. The summed E-state index contributed by atoms with van der Waals surface area (Å²) in [6.45, 7) is 0. The second-order valence-corrected chi connectivity index (χ2v) is 5.80. The first kappa shape index (κ1) is 14.5. The van der Waals surface area contributed by atoms with Crippen LogP contribution in [-0.4, -0.2) is 9.55 Å². The average Bonchev–Trinajstić information content (AvgIpc) is 2.92. The summed E-state index contributed by atoms with van der Waals surface area (Å²) in [6, 6.07) is 13.1. The van der Waals surface area contributed by atoms with Crippen molar-refractivity contribution in [2.45, 2.75) is 6.04 Å². The molecule has 0 bridgehead atoms. The van der Waals surface area contributed by atoms with Crippen molar-refractivity contribution in [3.05, 3.63) is 70.3 Å². The Bertz CT molecular complexity index is 1030. The molecule has 0 fully saturated rings. The molecule has 0 saturated carbocycles. The van der Waals surface area contributed by atoms with E-state index in [2.05, 4.69) is 16.4 Å². The summed E-state index contributed by atoms with van der Waals surface area (Å²) in [5.74, 6) is 0.0836. The van der Waals surface area contributed by atoms with E-state index in [9.17, 15) is 9.65 Å². The SMILES string of the molecule is N#CC1=C(N)Nc2nc3ccccc3n2C1c1c(F)cccc1Cl. The summed E-state index contributed by atoms with van der Waals surface area (Å²) in [7, 11) is 0. The van der Waals surface area contributed by atoms with Gasteiger partial charge in [-0.25, -0.2) is 9.37 Å². The van der Waals surface area contributed by atoms with Gasteiger partial charge in [-0.05, 0) is 24.3 Å². The molecule has 1 aromatic heterocycles. The van der Waals surface area contributed by atoms with Gasteiger partial charge in [0.15, 0.2) is 0 Å². The predicted molar refractivity (Wildman–Crippen MR) is 89.7 cm³/mol. The van der Waals surface area contributed by atoms with Crippen molar-refractivity contribution >= 4 is 28.6 Å². The Balaban J connectivity index is 2.10. The highest BCUT2D eigenvalue weighted by Gasteiger charge is 2.34. The zero-order valence-corrected chi connectivity index (χ0v) is 13.0. The van der Waals surface area contributed by atoms with Crippen LogP contribution < -0.4 is 11.1 Å². The minimum atomic E-state index is -0.785. The summed E-state index contributed by atoms with van der Waals surface area (Å²) in [6.07, 6.45) is 0. The number of para-hydroxylation sites is 2. The minimum Gasteiger partial charge on any atom is -0.384 e. The summed E-state index contributed by atoms with van der Waals surface area (Å²) in [5.41, 5.74) is 7.84. The van der Waals surface area contributed by atoms with Gasteiger partial charge >= 0.3 is 0 Å². The fourth-order valence-electron chi connectivity index (χ4n) is 3.02. The van der Waals surface area contributed by atoms with E-state index in [4.69, 9.17) is 17.3 Å². The molecule has 0 radical (unpaired) electrons. The molecule has 0 spiro atoms. The van der Waals surface area contributed by atoms with Crippen LogP contribution in [0.3, 0.4) is 0 Å². The van der Waals surface area contributed by atoms with Gasteiger partial charge in [-0.15, -0.1) is 0 Å². The quantitative estimate of drug-likeness (QED) is 0.710. The second-order valence-electron chi connectivity index (χ2n) is 5.40. The zero-order chi connectivity index (χ0) is 16.8. The van der Waals surface area contributed by atoms with Crippen molar-refractivity contribution in [1.82, 2.24) is 9.55 Å². The van der Waals surface area contributed by atoms with E-state index in [0.717, 1.165) is 5.52 Å². The van der Waals surface area contributed by atoms with Crippen LogP contribution in [0.1, 0.15) is 11.6 Å². The number of nitriles is 1. The van der Waals surface area contributed by atoms with Crippen molar-refractivity contribution in [3.8, 4) is 6.07 Å². The number of fused-ring (bicyclic) bond motifs is 3. The van der Waals surface area contributed by atoms with Crippen molar-refractivity contribution in [2.24, 2.45) is 5.73 Å². The van der Waals surface area contributed by atoms with Gasteiger partial charge in [0.25, 0.3) is 0 Å². The molecule has 3 N–H and O–H groups in total. The number of halogens is 2. The van der Waals surface area contributed by atoms with Gasteiger partial charge in [0.05, 0.1) is 16.6 Å². The summed E-state index contributed by atoms with van der Waals surface area (Å²) >= 11 is 6.25. The lowest BCUT2D eigenvalue weighted by Gasteiger charge is -2.28. The highest BCUT2D eigenvalue weighted by molar-refractivity contribution is 6.31. The van der Waals surface area contributed by atoms with E-state index in [1.54, 1.807) is 10.6 Å². The highest BCUT2D eigenvalue weighted by atomic mass is 35.5. The summed E-state index contributed by atoms with van der Waals surface area (Å²) < 4.78 is 16.3. The van der Waals surface area contributed by atoms with Crippen LogP contribution in [0, 0.1) is 17.1 Å². The van der Waals surface area contributed by atoms with Gasteiger partial charge < -0.3 is 11.1 Å². The number of rotatable bonds is 1. The molecule has 1 unspecified atom stereocenters. The number of hydrogen-bond acceptors (Lipinski definition) is 4. The molecule has 5 nitrogen and oxygen atoms in total. The molecule has 24 heavy (non-hydrogen) atoms. The molecule has 0 saturated heterocycles. The Morgan fingerprint density at radius 1 is 1.25 bits per heavy atom. The molecule has 118 valence electrons. The molecular weight excluding hydrogens is 329 g/mol. The number of aromatic nitrogens is 2. The monoisotopic (exact) mass is 339 g/mol. The molecule has 1 aliphatic heterocycles. The zero-order valence-electron chi connectivity index (χ0n) is 12.3. The van der Waals surface area contributed by atoms with Crippen LogP contribution >= 0.6 is 11.6 Å². The van der Waals surface area contributed by atoms with E-state index in [1.165, 1.54) is 12.1 Å². The normalized spacial score (nSPS) is 16.6. The molecule has 2 heterocycles. The van der Waals surface area contributed by atoms with Gasteiger partial charge in [-0.3, -0.25) is 4.57 Å². The van der Waals surface area contributed by atoms with Crippen molar-refractivity contribution < 1.29 is 4.39 Å². The minimum absolute atomic E-state index is 0.143. The number of benzene rings is 2. The van der Waals surface area contributed by atoms with Gasteiger partial charge in [0.1, 0.15) is 23.7 Å². The lowest BCUT2D eigenvalue weighted by atomic mass is 9.97. The van der Waals surface area contributed by atoms with Crippen LogP contribution in [0.5, 0.6) is 0 Å². The van der Waals surface area contributed by atoms with Gasteiger partial charge in [0, 0.05) is 10.6 Å². The predicted octanol–water partition coefficient (Wildman–Crippen LogP) is 3.54. The number of nitrogens with one attached hydrogen (secondary N) is 1. The van der Waals surface area contributed by atoms with Crippen molar-refractivity contribution in [3.63, 3.8) is 0 Å². The molecule has 2 aromatic carbocycles. The first-order chi connectivity index (χ1) is 11.6. The van der Waals surface area contributed by atoms with E-state index < -0.39 is 11.9 Å². The first-order valence-electron chi connectivity index (χ1n) is 7.19. The fourth-order valence-corrected chi connectivity index (χ4v) is 3.29. The molecule has 1 aliphatic rings. The fraction of sp³-hybridized carbons (Fsp3) is 0.0588. The smallest absolute Gasteiger partial charge is 0.210 e. The van der Waals surface area contributed by atoms with Crippen molar-refractivity contribution in [1.29, 1.82) is 5.26 Å². The number of nitrogens with zero attached hydrogens (tertiary/aromatic N) is 3. The highest BCUT2D eigenvalue weighted by Crippen LogP contribution is 2.41. The summed E-state index contributed by atoms with van der Waals surface area (Å²) in [4.78, 5) is 4.47. The van der Waals surface area contributed by atoms with Gasteiger partial charge in [0.2, 0.25) is 5.95 Å². The maximum atomic E-state index is 14.6. The Morgan fingerprint density at radius 2 is 2.04 bits per heavy atom. The van der Waals surface area contributed by atoms with Crippen LogP contribution in [-0.2, 0) is 0 Å². The maximum Gasteiger partial charge on any atom is 0.210 e. The Labute approximate surface area is 141 Å². The van der Waals surface area contributed by atoms with E-state index in [1.807, 2.05) is 24.3 Å². The molecule has 7 heteroatoms. The van der Waals surface area contributed by atoms with Crippen LogP contribution in [0.2, 0.25) is 5.02 Å². The number of nitrogens with two attached hydrogens (primary N) is 1. The van der Waals surface area contributed by atoms with Crippen LogP contribution in [0.15, 0.2) is 53.9 Å². The Hall–Kier alpha value is -3.04. The van der Waals surface area contributed by atoms with Gasteiger partial charge in [-0.1, -0.05) is 29.8 Å². The maximum absolute atomic E-state index is 14.6. The Kier molecular flexibility index (Phi) is 3.18. The molecule has 3 aromatic rings. The number of anilines is 1. The topological polar surface area (TPSA) is 79.7 Å². The molecule has 0 amide bonds. The van der Waals surface area contributed by atoms with Gasteiger partial charge in [-0.2, -0.15) is 5.26 Å². The Morgan fingerprint density at radius 3 is 2.79 bits per heavy atom. The molecular formula is C17H11ClFN5.